The number of rotatable bonds is 7. The van der Waals surface area contributed by atoms with E-state index in [9.17, 15) is 14.4 Å². The summed E-state index contributed by atoms with van der Waals surface area (Å²) in [6, 6.07) is 3.25. The highest BCUT2D eigenvalue weighted by molar-refractivity contribution is 8.00. The van der Waals surface area contributed by atoms with Crippen LogP contribution in [0, 0.1) is 5.92 Å². The molecule has 0 aromatic heterocycles. The van der Waals surface area contributed by atoms with Gasteiger partial charge in [-0.05, 0) is 31.9 Å². The number of amides is 1. The van der Waals surface area contributed by atoms with Crippen LogP contribution in [0.15, 0.2) is 17.0 Å². The minimum atomic E-state index is -0.540. The topological polar surface area (TPSA) is 72.9 Å². The van der Waals surface area contributed by atoms with Crippen molar-refractivity contribution in [2.45, 2.75) is 24.7 Å². The van der Waals surface area contributed by atoms with Crippen LogP contribution < -0.4 is 0 Å². The van der Waals surface area contributed by atoms with Gasteiger partial charge in [-0.25, -0.2) is 0 Å². The van der Waals surface area contributed by atoms with E-state index in [0.717, 1.165) is 11.8 Å². The fourth-order valence-corrected chi connectivity index (χ4v) is 4.16. The molecule has 1 amide bonds. The first-order valence-electron chi connectivity index (χ1n) is 8.69. The quantitative estimate of drug-likeness (QED) is 0.341. The molecule has 10 heteroatoms. The van der Waals surface area contributed by atoms with Crippen molar-refractivity contribution >= 4 is 64.4 Å². The van der Waals surface area contributed by atoms with Crippen molar-refractivity contribution < 1.29 is 23.9 Å². The van der Waals surface area contributed by atoms with Crippen molar-refractivity contribution in [3.63, 3.8) is 0 Å². The Balaban J connectivity index is 1.72. The highest BCUT2D eigenvalue weighted by Gasteiger charge is 2.28. The van der Waals surface area contributed by atoms with Crippen LogP contribution >= 0.6 is 46.6 Å². The number of thioether (sulfide) groups is 1. The fourth-order valence-electron chi connectivity index (χ4n) is 2.66. The summed E-state index contributed by atoms with van der Waals surface area (Å²) in [4.78, 5) is 38.0. The zero-order valence-corrected chi connectivity index (χ0v) is 18.3. The number of hydrogen-bond acceptors (Lipinski definition) is 6. The second kappa shape index (κ2) is 11.1. The molecule has 0 spiro atoms. The zero-order valence-electron chi connectivity index (χ0n) is 15.2. The van der Waals surface area contributed by atoms with Gasteiger partial charge < -0.3 is 14.4 Å². The molecule has 1 aromatic rings. The highest BCUT2D eigenvalue weighted by Crippen LogP contribution is 2.37. The minimum absolute atomic E-state index is 0.0180. The van der Waals surface area contributed by atoms with Crippen molar-refractivity contribution in [2.75, 3.05) is 32.1 Å². The van der Waals surface area contributed by atoms with Crippen molar-refractivity contribution in [3.05, 3.63) is 27.2 Å². The molecule has 1 heterocycles. The molecule has 0 radical (unpaired) electrons. The second-order valence-corrected chi connectivity index (χ2v) is 8.21. The van der Waals surface area contributed by atoms with E-state index in [1.54, 1.807) is 24.0 Å². The number of nitrogens with zero attached hydrogens (tertiary/aromatic N) is 1. The molecule has 28 heavy (non-hydrogen) atoms. The number of hydrogen-bond donors (Lipinski definition) is 0. The molecule has 0 N–H and O–H groups in total. The molecule has 0 unspecified atom stereocenters. The van der Waals surface area contributed by atoms with Gasteiger partial charge in [0, 0.05) is 18.0 Å². The molecular formula is C18H20Cl3NO5S. The molecular weight excluding hydrogens is 449 g/mol. The average Bonchev–Trinajstić information content (AvgIpc) is 2.70. The molecule has 0 atom stereocenters. The van der Waals surface area contributed by atoms with Gasteiger partial charge in [0.15, 0.2) is 6.61 Å². The largest absolute Gasteiger partial charge is 0.466 e. The summed E-state index contributed by atoms with van der Waals surface area (Å²) < 4.78 is 10.0. The van der Waals surface area contributed by atoms with Crippen LogP contribution in [0.3, 0.4) is 0 Å². The van der Waals surface area contributed by atoms with Gasteiger partial charge in [-0.2, -0.15) is 0 Å². The van der Waals surface area contributed by atoms with E-state index in [-0.39, 0.29) is 40.2 Å². The predicted octanol–water partition coefficient (Wildman–Crippen LogP) is 4.08. The monoisotopic (exact) mass is 467 g/mol. The molecule has 0 aliphatic carbocycles. The van der Waals surface area contributed by atoms with Crippen molar-refractivity contribution in [1.29, 1.82) is 0 Å². The minimum Gasteiger partial charge on any atom is -0.466 e. The lowest BCUT2D eigenvalue weighted by atomic mass is 9.97. The first kappa shape index (κ1) is 23.1. The first-order valence-corrected chi connectivity index (χ1v) is 10.8. The lowest BCUT2D eigenvalue weighted by molar-refractivity contribution is -0.153. The zero-order chi connectivity index (χ0) is 20.7. The SMILES string of the molecule is CCOC(=O)C1CCN(C(=O)COC(=O)CSc2ccc(Cl)c(Cl)c2Cl)CC1. The van der Waals surface area contributed by atoms with Crippen molar-refractivity contribution in [2.24, 2.45) is 5.92 Å². The van der Waals surface area contributed by atoms with E-state index in [2.05, 4.69) is 0 Å². The van der Waals surface area contributed by atoms with E-state index >= 15 is 0 Å². The van der Waals surface area contributed by atoms with Crippen molar-refractivity contribution in [3.8, 4) is 0 Å². The van der Waals surface area contributed by atoms with Gasteiger partial charge in [-0.15, -0.1) is 11.8 Å². The molecule has 1 aliphatic rings. The van der Waals surface area contributed by atoms with Crippen LogP contribution in [0.4, 0.5) is 0 Å². The molecule has 1 aliphatic heterocycles. The standard InChI is InChI=1S/C18H20Cl3NO5S/c1-2-26-18(25)11-5-7-22(8-6-11)14(23)9-27-15(24)10-28-13-4-3-12(19)16(20)17(13)21/h3-4,11H,2,5-10H2,1H3. The summed E-state index contributed by atoms with van der Waals surface area (Å²) in [7, 11) is 0. The number of carbonyl (C=O) groups excluding carboxylic acids is 3. The third kappa shape index (κ3) is 6.44. The number of likely N-dealkylation sites (tertiary alicyclic amines) is 1. The van der Waals surface area contributed by atoms with Gasteiger partial charge >= 0.3 is 11.9 Å². The number of esters is 2. The molecule has 1 aromatic carbocycles. The van der Waals surface area contributed by atoms with Gasteiger partial charge in [0.1, 0.15) is 0 Å². The maximum atomic E-state index is 12.2. The Kier molecular flexibility index (Phi) is 9.21. The van der Waals surface area contributed by atoms with Crippen LogP contribution in [-0.2, 0) is 23.9 Å². The Morgan fingerprint density at radius 3 is 2.43 bits per heavy atom. The third-order valence-corrected chi connectivity index (χ3v) is 6.61. The first-order chi connectivity index (χ1) is 13.3. The second-order valence-electron chi connectivity index (χ2n) is 6.03. The third-order valence-electron chi connectivity index (χ3n) is 4.17. The predicted molar refractivity (Wildman–Crippen MR) is 109 cm³/mol. The summed E-state index contributed by atoms with van der Waals surface area (Å²) in [5.74, 6) is -1.25. The Bertz CT molecular complexity index is 738. The smallest absolute Gasteiger partial charge is 0.316 e. The Morgan fingerprint density at radius 2 is 1.79 bits per heavy atom. The maximum Gasteiger partial charge on any atom is 0.316 e. The van der Waals surface area contributed by atoms with E-state index in [4.69, 9.17) is 44.3 Å². The molecule has 0 bridgehead atoms. The highest BCUT2D eigenvalue weighted by atomic mass is 35.5. The van der Waals surface area contributed by atoms with Crippen LogP contribution in [0.25, 0.3) is 0 Å². The van der Waals surface area contributed by atoms with E-state index in [0.29, 0.717) is 42.5 Å². The summed E-state index contributed by atoms with van der Waals surface area (Å²) >= 11 is 19.1. The number of benzene rings is 1. The van der Waals surface area contributed by atoms with E-state index in [1.165, 1.54) is 0 Å². The van der Waals surface area contributed by atoms with Gasteiger partial charge in [0.25, 0.3) is 5.91 Å². The molecule has 0 saturated carbocycles. The number of piperidine rings is 1. The lowest BCUT2D eigenvalue weighted by Gasteiger charge is -2.30. The normalized spacial score (nSPS) is 14.6. The van der Waals surface area contributed by atoms with Crippen molar-refractivity contribution in [1.82, 2.24) is 4.90 Å². The van der Waals surface area contributed by atoms with Gasteiger partial charge in [-0.3, -0.25) is 14.4 Å². The van der Waals surface area contributed by atoms with Crippen LogP contribution in [0.5, 0.6) is 0 Å². The number of ether oxygens (including phenoxy) is 2. The van der Waals surface area contributed by atoms with Crippen LogP contribution in [0.2, 0.25) is 15.1 Å². The molecule has 154 valence electrons. The Morgan fingerprint density at radius 1 is 1.11 bits per heavy atom. The Hall–Kier alpha value is -1.15. The van der Waals surface area contributed by atoms with E-state index in [1.807, 2.05) is 0 Å². The molecule has 1 fully saturated rings. The van der Waals surface area contributed by atoms with Gasteiger partial charge in [-0.1, -0.05) is 34.8 Å². The average molecular weight is 469 g/mol. The number of halogens is 3. The summed E-state index contributed by atoms with van der Waals surface area (Å²) in [6.45, 7) is 2.65. The molecule has 6 nitrogen and oxygen atoms in total. The summed E-state index contributed by atoms with van der Waals surface area (Å²) in [5.41, 5.74) is 0. The number of carbonyl (C=O) groups is 3. The summed E-state index contributed by atoms with van der Waals surface area (Å²) in [5, 5.41) is 0.825. The lowest BCUT2D eigenvalue weighted by Crippen LogP contribution is -2.42. The Labute approximate surface area is 182 Å². The summed E-state index contributed by atoms with van der Waals surface area (Å²) in [6.07, 6.45) is 1.09. The van der Waals surface area contributed by atoms with Crippen LogP contribution in [0.1, 0.15) is 19.8 Å². The fraction of sp³-hybridized carbons (Fsp3) is 0.500. The van der Waals surface area contributed by atoms with Gasteiger partial charge in [0.2, 0.25) is 0 Å². The molecule has 2 rings (SSSR count). The van der Waals surface area contributed by atoms with Crippen LogP contribution in [-0.4, -0.2) is 54.8 Å². The van der Waals surface area contributed by atoms with E-state index < -0.39 is 5.97 Å². The maximum absolute atomic E-state index is 12.2. The van der Waals surface area contributed by atoms with Gasteiger partial charge in [0.05, 0.1) is 33.3 Å². The molecule has 1 saturated heterocycles.